The largest absolute Gasteiger partial charge is 0.330 e. The Hall–Kier alpha value is -0.120. The highest BCUT2D eigenvalue weighted by Gasteiger charge is 2.06. The summed E-state index contributed by atoms with van der Waals surface area (Å²) in [6.45, 7) is 7.22. The Morgan fingerprint density at radius 3 is 1.95 bits per heavy atom. The second kappa shape index (κ2) is 14.3. The minimum atomic E-state index is 0.604. The summed E-state index contributed by atoms with van der Waals surface area (Å²) in [6.07, 6.45) is 11.7. The Bertz CT molecular complexity index is 171. The van der Waals surface area contributed by atoms with Crippen LogP contribution in [0.2, 0.25) is 0 Å². The maximum absolute atomic E-state index is 5.67. The highest BCUT2D eigenvalue weighted by molar-refractivity contribution is 4.67. The van der Waals surface area contributed by atoms with Crippen molar-refractivity contribution in [2.24, 2.45) is 17.4 Å². The Morgan fingerprint density at radius 2 is 1.37 bits per heavy atom. The average Bonchev–Trinajstić information content (AvgIpc) is 2.37. The van der Waals surface area contributed by atoms with Gasteiger partial charge in [-0.3, -0.25) is 0 Å². The van der Waals surface area contributed by atoms with Gasteiger partial charge < -0.3 is 16.8 Å². The van der Waals surface area contributed by atoms with Crippen molar-refractivity contribution in [2.45, 2.75) is 77.7 Å². The fraction of sp³-hybridized carbons (Fsp3) is 1.00. The average molecular weight is 271 g/mol. The van der Waals surface area contributed by atoms with Crippen LogP contribution in [0.25, 0.3) is 0 Å². The molecule has 0 bridgehead atoms. The van der Waals surface area contributed by atoms with Crippen molar-refractivity contribution in [3.05, 3.63) is 0 Å². The zero-order valence-corrected chi connectivity index (χ0v) is 13.3. The van der Waals surface area contributed by atoms with Crippen LogP contribution in [0, 0.1) is 5.92 Å². The van der Waals surface area contributed by atoms with E-state index in [-0.39, 0.29) is 0 Å². The van der Waals surface area contributed by atoms with Gasteiger partial charge in [0.1, 0.15) is 0 Å². The summed E-state index contributed by atoms with van der Waals surface area (Å²) in [4.78, 5) is 0. The Balaban J connectivity index is 3.41. The van der Waals surface area contributed by atoms with Gasteiger partial charge in [-0.25, -0.2) is 0 Å². The zero-order valence-electron chi connectivity index (χ0n) is 13.3. The van der Waals surface area contributed by atoms with Crippen molar-refractivity contribution < 1.29 is 0 Å². The normalized spacial score (nSPS) is 13.1. The van der Waals surface area contributed by atoms with E-state index in [4.69, 9.17) is 11.5 Å². The van der Waals surface area contributed by atoms with Gasteiger partial charge in [-0.05, 0) is 44.8 Å². The van der Waals surface area contributed by atoms with Gasteiger partial charge in [0.15, 0.2) is 0 Å². The molecule has 0 aromatic heterocycles. The summed E-state index contributed by atoms with van der Waals surface area (Å²) in [7, 11) is 0. The molecule has 5 N–H and O–H groups in total. The highest BCUT2D eigenvalue weighted by Crippen LogP contribution is 2.12. The SMILES string of the molecule is CC(C)CCCCCCCC(CCN)NCCCN. The molecule has 1 unspecified atom stereocenters. The molecule has 0 aromatic carbocycles. The van der Waals surface area contributed by atoms with Crippen LogP contribution in [-0.4, -0.2) is 25.7 Å². The fourth-order valence-corrected chi connectivity index (χ4v) is 2.43. The number of hydrogen-bond acceptors (Lipinski definition) is 3. The molecule has 116 valence electrons. The standard InChI is InChI=1S/C16H37N3/c1-15(2)9-6-4-3-5-7-10-16(11-13-18)19-14-8-12-17/h15-16,19H,3-14,17-18H2,1-2H3. The van der Waals surface area contributed by atoms with Crippen LogP contribution in [-0.2, 0) is 0 Å². The molecule has 0 fully saturated rings. The van der Waals surface area contributed by atoms with E-state index in [1.165, 1.54) is 44.9 Å². The van der Waals surface area contributed by atoms with Crippen LogP contribution in [0.15, 0.2) is 0 Å². The predicted octanol–water partition coefficient (Wildman–Crippen LogP) is 3.03. The molecule has 0 saturated carbocycles. The third kappa shape index (κ3) is 14.1. The first kappa shape index (κ1) is 18.9. The lowest BCUT2D eigenvalue weighted by molar-refractivity contribution is 0.429. The van der Waals surface area contributed by atoms with Crippen molar-refractivity contribution in [1.29, 1.82) is 0 Å². The van der Waals surface area contributed by atoms with Gasteiger partial charge in [-0.1, -0.05) is 52.4 Å². The van der Waals surface area contributed by atoms with E-state index >= 15 is 0 Å². The molecule has 0 spiro atoms. The highest BCUT2D eigenvalue weighted by atomic mass is 14.9. The summed E-state index contributed by atoms with van der Waals surface area (Å²) >= 11 is 0. The molecule has 0 rings (SSSR count). The smallest absolute Gasteiger partial charge is 0.00790 e. The number of hydrogen-bond donors (Lipinski definition) is 3. The van der Waals surface area contributed by atoms with Gasteiger partial charge in [-0.2, -0.15) is 0 Å². The summed E-state index contributed by atoms with van der Waals surface area (Å²) in [5.41, 5.74) is 11.2. The Morgan fingerprint density at radius 1 is 0.737 bits per heavy atom. The number of nitrogens with one attached hydrogen (secondary N) is 1. The molecule has 0 heterocycles. The molecule has 0 aliphatic rings. The Labute approximate surface area is 120 Å². The summed E-state index contributed by atoms with van der Waals surface area (Å²) in [6, 6.07) is 0.604. The minimum Gasteiger partial charge on any atom is -0.330 e. The number of unbranched alkanes of at least 4 members (excludes halogenated alkanes) is 4. The molecular weight excluding hydrogens is 234 g/mol. The van der Waals surface area contributed by atoms with Gasteiger partial charge in [0.05, 0.1) is 0 Å². The van der Waals surface area contributed by atoms with Crippen molar-refractivity contribution in [2.75, 3.05) is 19.6 Å². The van der Waals surface area contributed by atoms with Gasteiger partial charge >= 0.3 is 0 Å². The summed E-state index contributed by atoms with van der Waals surface area (Å²) < 4.78 is 0. The van der Waals surface area contributed by atoms with Crippen LogP contribution in [0.3, 0.4) is 0 Å². The van der Waals surface area contributed by atoms with Crippen LogP contribution >= 0.6 is 0 Å². The first-order valence-electron chi connectivity index (χ1n) is 8.34. The maximum atomic E-state index is 5.67. The summed E-state index contributed by atoms with van der Waals surface area (Å²) in [5, 5.41) is 3.58. The Kier molecular flexibility index (Phi) is 14.2. The molecule has 19 heavy (non-hydrogen) atoms. The van der Waals surface area contributed by atoms with Crippen LogP contribution in [0.4, 0.5) is 0 Å². The van der Waals surface area contributed by atoms with Crippen LogP contribution in [0.5, 0.6) is 0 Å². The predicted molar refractivity (Wildman–Crippen MR) is 86.3 cm³/mol. The molecule has 3 heteroatoms. The van der Waals surface area contributed by atoms with Crippen molar-refractivity contribution in [3.8, 4) is 0 Å². The summed E-state index contributed by atoms with van der Waals surface area (Å²) in [5.74, 6) is 0.862. The topological polar surface area (TPSA) is 64.1 Å². The number of nitrogens with two attached hydrogens (primary N) is 2. The minimum absolute atomic E-state index is 0.604. The van der Waals surface area contributed by atoms with E-state index in [0.29, 0.717) is 6.04 Å². The van der Waals surface area contributed by atoms with Crippen LogP contribution in [0.1, 0.15) is 71.6 Å². The van der Waals surface area contributed by atoms with Crippen molar-refractivity contribution >= 4 is 0 Å². The first-order chi connectivity index (χ1) is 9.20. The van der Waals surface area contributed by atoms with Gasteiger partial charge in [-0.15, -0.1) is 0 Å². The van der Waals surface area contributed by atoms with E-state index in [0.717, 1.165) is 38.4 Å². The maximum Gasteiger partial charge on any atom is 0.00790 e. The molecule has 0 radical (unpaired) electrons. The van der Waals surface area contributed by atoms with E-state index in [1.807, 2.05) is 0 Å². The fourth-order valence-electron chi connectivity index (χ4n) is 2.43. The van der Waals surface area contributed by atoms with E-state index in [2.05, 4.69) is 19.2 Å². The van der Waals surface area contributed by atoms with E-state index in [1.54, 1.807) is 0 Å². The van der Waals surface area contributed by atoms with E-state index in [9.17, 15) is 0 Å². The van der Waals surface area contributed by atoms with Crippen molar-refractivity contribution in [3.63, 3.8) is 0 Å². The first-order valence-corrected chi connectivity index (χ1v) is 8.34. The third-order valence-electron chi connectivity index (χ3n) is 3.66. The monoisotopic (exact) mass is 271 g/mol. The number of rotatable bonds is 14. The van der Waals surface area contributed by atoms with Crippen molar-refractivity contribution in [1.82, 2.24) is 5.32 Å². The van der Waals surface area contributed by atoms with E-state index < -0.39 is 0 Å². The third-order valence-corrected chi connectivity index (χ3v) is 3.66. The molecule has 0 aromatic rings. The quantitative estimate of drug-likeness (QED) is 0.426. The lowest BCUT2D eigenvalue weighted by Gasteiger charge is -2.17. The molecule has 1 atom stereocenters. The molecule has 0 amide bonds. The molecule has 0 saturated heterocycles. The molecule has 3 nitrogen and oxygen atoms in total. The van der Waals surface area contributed by atoms with Gasteiger partial charge in [0.25, 0.3) is 0 Å². The zero-order chi connectivity index (χ0) is 14.3. The second-order valence-corrected chi connectivity index (χ2v) is 6.11. The second-order valence-electron chi connectivity index (χ2n) is 6.11. The molecular formula is C16H37N3. The van der Waals surface area contributed by atoms with Crippen LogP contribution < -0.4 is 16.8 Å². The lowest BCUT2D eigenvalue weighted by atomic mass is 10.0. The molecule has 0 aliphatic heterocycles. The lowest BCUT2D eigenvalue weighted by Crippen LogP contribution is -2.32. The molecule has 0 aliphatic carbocycles. The van der Waals surface area contributed by atoms with Gasteiger partial charge in [0, 0.05) is 6.04 Å². The van der Waals surface area contributed by atoms with Gasteiger partial charge in [0.2, 0.25) is 0 Å².